The van der Waals surface area contributed by atoms with E-state index >= 15 is 0 Å². The van der Waals surface area contributed by atoms with E-state index in [0.717, 1.165) is 36.2 Å². The normalized spacial score (nSPS) is 20.1. The van der Waals surface area contributed by atoms with Gasteiger partial charge in [-0.3, -0.25) is 0 Å². The lowest BCUT2D eigenvalue weighted by Crippen LogP contribution is -2.51. The van der Waals surface area contributed by atoms with Crippen LogP contribution in [-0.2, 0) is 22.5 Å². The van der Waals surface area contributed by atoms with Gasteiger partial charge in [0.15, 0.2) is 6.04 Å². The lowest BCUT2D eigenvalue weighted by molar-refractivity contribution is -0.143. The Morgan fingerprint density at radius 2 is 2.13 bits per heavy atom. The summed E-state index contributed by atoms with van der Waals surface area (Å²) in [4.78, 5) is 18.3. The van der Waals surface area contributed by atoms with Crippen LogP contribution >= 0.6 is 0 Å². The molecular weight excluding hydrogens is 392 g/mol. The molecule has 7 nitrogen and oxygen atoms in total. The number of benzene rings is 2. The molecule has 0 saturated carbocycles. The summed E-state index contributed by atoms with van der Waals surface area (Å²) in [6, 6.07) is 16.2. The number of aliphatic imine (C=N–C) groups is 1. The Balaban J connectivity index is 1.54. The predicted molar refractivity (Wildman–Crippen MR) is 120 cm³/mol. The summed E-state index contributed by atoms with van der Waals surface area (Å²) in [6.45, 7) is 0.843. The van der Waals surface area contributed by atoms with E-state index in [1.165, 1.54) is 18.2 Å². The van der Waals surface area contributed by atoms with Gasteiger partial charge < -0.3 is 25.8 Å². The average molecular weight is 421 g/mol. The molecule has 2 aromatic rings. The quantitative estimate of drug-likeness (QED) is 0.592. The molecule has 1 aliphatic heterocycles. The highest BCUT2D eigenvalue weighted by atomic mass is 16.5. The summed E-state index contributed by atoms with van der Waals surface area (Å²) in [5.74, 6) is -0.347. The van der Waals surface area contributed by atoms with Crippen molar-refractivity contribution in [3.05, 3.63) is 77.0 Å². The third-order valence-electron chi connectivity index (χ3n) is 5.91. The molecule has 2 aromatic carbocycles. The molecular formula is C24H28N4O3. The molecule has 1 unspecified atom stereocenters. The molecule has 7 heteroatoms. The third kappa shape index (κ3) is 4.33. The number of carbonyl (C=O) groups is 1. The number of amidine groups is 1. The van der Waals surface area contributed by atoms with Crippen molar-refractivity contribution in [2.45, 2.75) is 31.5 Å². The molecule has 0 aromatic heterocycles. The Bertz CT molecular complexity index is 1020. The predicted octanol–water partition coefficient (Wildman–Crippen LogP) is 1.97. The average Bonchev–Trinajstić information content (AvgIpc) is 3.21. The molecule has 162 valence electrons. The van der Waals surface area contributed by atoms with Crippen molar-refractivity contribution in [2.24, 2.45) is 10.7 Å². The van der Waals surface area contributed by atoms with Crippen LogP contribution in [0.15, 0.2) is 59.7 Å². The maximum absolute atomic E-state index is 12.3. The summed E-state index contributed by atoms with van der Waals surface area (Å²) >= 11 is 0. The molecule has 0 spiro atoms. The van der Waals surface area contributed by atoms with Crippen molar-refractivity contribution >= 4 is 17.5 Å². The zero-order valence-corrected chi connectivity index (χ0v) is 17.6. The topological polar surface area (TPSA) is 100 Å². The number of ether oxygens (including phenoxy) is 1. The van der Waals surface area contributed by atoms with Gasteiger partial charge in [-0.05, 0) is 41.2 Å². The number of carbonyl (C=O) groups excluding carboxylic acids is 1. The van der Waals surface area contributed by atoms with E-state index in [1.54, 1.807) is 11.1 Å². The summed E-state index contributed by atoms with van der Waals surface area (Å²) in [5.41, 5.74) is 11.5. The number of nitrogens with one attached hydrogen (secondary N) is 1. The number of methoxy groups -OCH3 is 1. The Labute approximate surface area is 182 Å². The first kappa shape index (κ1) is 21.1. The maximum Gasteiger partial charge on any atom is 0.336 e. The molecule has 0 radical (unpaired) electrons. The zero-order chi connectivity index (χ0) is 21.8. The first-order valence-corrected chi connectivity index (χ1v) is 10.5. The molecule has 2 atom stereocenters. The lowest BCUT2D eigenvalue weighted by Gasteiger charge is -2.35. The van der Waals surface area contributed by atoms with Crippen molar-refractivity contribution in [1.82, 2.24) is 10.2 Å². The SMILES string of the molecule is COC(=O)C1C(N)=NC=C(c2cccc(CN[C@H]3CCc4ccccc43)c2)N1CCO. The monoisotopic (exact) mass is 420 g/mol. The molecule has 4 N–H and O–H groups in total. The van der Waals surface area contributed by atoms with Gasteiger partial charge in [0.05, 0.1) is 25.6 Å². The Morgan fingerprint density at radius 3 is 2.94 bits per heavy atom. The van der Waals surface area contributed by atoms with Gasteiger partial charge in [0.2, 0.25) is 0 Å². The highest BCUT2D eigenvalue weighted by molar-refractivity contribution is 6.06. The van der Waals surface area contributed by atoms with E-state index < -0.39 is 12.0 Å². The van der Waals surface area contributed by atoms with Gasteiger partial charge >= 0.3 is 5.97 Å². The van der Waals surface area contributed by atoms with Crippen molar-refractivity contribution in [3.8, 4) is 0 Å². The van der Waals surface area contributed by atoms with Crippen molar-refractivity contribution in [2.75, 3.05) is 20.3 Å². The van der Waals surface area contributed by atoms with Crippen molar-refractivity contribution in [1.29, 1.82) is 0 Å². The summed E-state index contributed by atoms with van der Waals surface area (Å²) < 4.78 is 4.91. The van der Waals surface area contributed by atoms with Crippen LogP contribution in [0, 0.1) is 0 Å². The highest BCUT2D eigenvalue weighted by Gasteiger charge is 2.34. The van der Waals surface area contributed by atoms with E-state index in [2.05, 4.69) is 46.7 Å². The molecule has 31 heavy (non-hydrogen) atoms. The van der Waals surface area contributed by atoms with E-state index in [0.29, 0.717) is 6.04 Å². The van der Waals surface area contributed by atoms with Gasteiger partial charge in [-0.25, -0.2) is 9.79 Å². The number of esters is 1. The molecule has 0 saturated heterocycles. The Morgan fingerprint density at radius 1 is 1.29 bits per heavy atom. The Kier molecular flexibility index (Phi) is 6.34. The zero-order valence-electron chi connectivity index (χ0n) is 17.6. The fraction of sp³-hybridized carbons (Fsp3) is 0.333. The second kappa shape index (κ2) is 9.32. The highest BCUT2D eigenvalue weighted by Crippen LogP contribution is 2.31. The second-order valence-corrected chi connectivity index (χ2v) is 7.78. The van der Waals surface area contributed by atoms with Crippen LogP contribution in [0.3, 0.4) is 0 Å². The minimum absolute atomic E-state index is 0.125. The van der Waals surface area contributed by atoms with Crippen LogP contribution in [-0.4, -0.2) is 48.1 Å². The smallest absolute Gasteiger partial charge is 0.336 e. The molecule has 1 heterocycles. The fourth-order valence-electron chi connectivity index (χ4n) is 4.39. The van der Waals surface area contributed by atoms with Gasteiger partial charge in [0.1, 0.15) is 5.84 Å². The summed E-state index contributed by atoms with van der Waals surface area (Å²) in [5, 5.41) is 13.2. The van der Waals surface area contributed by atoms with E-state index in [9.17, 15) is 9.90 Å². The van der Waals surface area contributed by atoms with Crippen LogP contribution in [0.5, 0.6) is 0 Å². The number of aryl methyl sites for hydroxylation is 1. The van der Waals surface area contributed by atoms with E-state index in [4.69, 9.17) is 10.5 Å². The standard InChI is InChI=1S/C24H28N4O3/c1-31-24(30)22-23(25)27-15-21(28(22)11-12-29)18-7-4-5-16(13-18)14-26-20-10-9-17-6-2-3-8-19(17)20/h2-8,13,15,20,22,26,29H,9-12,14H2,1H3,(H2,25,27)/t20-,22?/m0/s1. The molecule has 0 fully saturated rings. The van der Waals surface area contributed by atoms with Crippen LogP contribution < -0.4 is 11.1 Å². The number of rotatable bonds is 7. The molecule has 0 amide bonds. The van der Waals surface area contributed by atoms with Gasteiger partial charge in [0.25, 0.3) is 0 Å². The van der Waals surface area contributed by atoms with Crippen molar-refractivity contribution in [3.63, 3.8) is 0 Å². The largest absolute Gasteiger partial charge is 0.467 e. The first-order valence-electron chi connectivity index (χ1n) is 10.5. The van der Waals surface area contributed by atoms with Crippen molar-refractivity contribution < 1.29 is 14.6 Å². The number of β-amino-alcohol motifs (C(OH)–C–C–N with tert-alkyl or cyclic N) is 1. The van der Waals surface area contributed by atoms with E-state index in [1.807, 2.05) is 12.1 Å². The number of aliphatic hydroxyl groups excluding tert-OH is 1. The number of nitrogens with zero attached hydrogens (tertiary/aromatic N) is 2. The molecule has 4 rings (SSSR count). The summed E-state index contributed by atoms with van der Waals surface area (Å²) in [7, 11) is 1.32. The number of nitrogens with two attached hydrogens (primary N) is 1. The third-order valence-corrected chi connectivity index (χ3v) is 5.91. The van der Waals surface area contributed by atoms with Crippen LogP contribution in [0.2, 0.25) is 0 Å². The van der Waals surface area contributed by atoms with Crippen LogP contribution in [0.1, 0.15) is 34.7 Å². The fourth-order valence-corrected chi connectivity index (χ4v) is 4.39. The number of aliphatic hydroxyl groups is 1. The molecule has 1 aliphatic carbocycles. The van der Waals surface area contributed by atoms with Gasteiger partial charge in [-0.15, -0.1) is 0 Å². The van der Waals surface area contributed by atoms with Gasteiger partial charge in [0, 0.05) is 19.1 Å². The Hall–Kier alpha value is -3.16. The molecule has 2 aliphatic rings. The van der Waals surface area contributed by atoms with Crippen LogP contribution in [0.4, 0.5) is 0 Å². The number of fused-ring (bicyclic) bond motifs is 1. The number of hydrogen-bond donors (Lipinski definition) is 3. The van der Waals surface area contributed by atoms with E-state index in [-0.39, 0.29) is 19.0 Å². The maximum atomic E-state index is 12.3. The van der Waals surface area contributed by atoms with Gasteiger partial charge in [-0.1, -0.05) is 42.5 Å². The summed E-state index contributed by atoms with van der Waals surface area (Å²) in [6.07, 6.45) is 3.85. The van der Waals surface area contributed by atoms with Gasteiger partial charge in [-0.2, -0.15) is 0 Å². The minimum atomic E-state index is -0.853. The lowest BCUT2D eigenvalue weighted by atomic mass is 10.0. The molecule has 0 bridgehead atoms. The first-order chi connectivity index (χ1) is 15.1. The second-order valence-electron chi connectivity index (χ2n) is 7.78. The van der Waals surface area contributed by atoms with Crippen LogP contribution in [0.25, 0.3) is 5.70 Å². The number of hydrogen-bond acceptors (Lipinski definition) is 7. The minimum Gasteiger partial charge on any atom is -0.467 e.